The van der Waals surface area contributed by atoms with Gasteiger partial charge in [-0.1, -0.05) is 17.7 Å². The first-order chi connectivity index (χ1) is 12.7. The molecule has 0 aliphatic heterocycles. The monoisotopic (exact) mass is 392 g/mol. The molecule has 144 valence electrons. The first-order valence-electron chi connectivity index (χ1n) is 8.26. The molecule has 0 aliphatic carbocycles. The highest BCUT2D eigenvalue weighted by molar-refractivity contribution is 7.91. The Balaban J connectivity index is 1.86. The number of halogens is 1. The molecule has 0 unspecified atom stereocenters. The highest BCUT2D eigenvalue weighted by atomic mass is 32.2. The zero-order valence-electron chi connectivity index (χ0n) is 15.1. The summed E-state index contributed by atoms with van der Waals surface area (Å²) in [6.45, 7) is 1.74. The molecule has 0 aliphatic rings. The molecule has 0 heterocycles. The predicted molar refractivity (Wildman–Crippen MR) is 101 cm³/mol. The number of benzene rings is 2. The minimum absolute atomic E-state index is 0.0449. The summed E-state index contributed by atoms with van der Waals surface area (Å²) < 4.78 is 37.3. The van der Waals surface area contributed by atoms with Crippen LogP contribution in [0.5, 0.6) is 0 Å². The number of hydrogen-bond acceptors (Lipinski definition) is 4. The van der Waals surface area contributed by atoms with Gasteiger partial charge in [-0.2, -0.15) is 0 Å². The molecule has 0 aromatic heterocycles. The molecule has 0 saturated carbocycles. The lowest BCUT2D eigenvalue weighted by atomic mass is 10.2. The van der Waals surface area contributed by atoms with Crippen LogP contribution in [0, 0.1) is 12.7 Å². The summed E-state index contributed by atoms with van der Waals surface area (Å²) in [4.78, 5) is 25.3. The second-order valence-corrected chi connectivity index (χ2v) is 8.30. The topological polar surface area (TPSA) is 83.6 Å². The molecule has 0 radical (unpaired) electrons. The fourth-order valence-corrected chi connectivity index (χ4v) is 3.54. The average molecular weight is 392 g/mol. The minimum Gasteiger partial charge on any atom is -0.336 e. The van der Waals surface area contributed by atoms with Crippen LogP contribution < -0.4 is 5.32 Å². The number of sulfone groups is 1. The molecule has 2 amide bonds. The van der Waals surface area contributed by atoms with Gasteiger partial charge < -0.3 is 10.2 Å². The van der Waals surface area contributed by atoms with Gasteiger partial charge in [-0.05, 0) is 43.3 Å². The maximum absolute atomic E-state index is 12.9. The van der Waals surface area contributed by atoms with Gasteiger partial charge in [0.1, 0.15) is 5.82 Å². The van der Waals surface area contributed by atoms with Crippen LogP contribution in [0.15, 0.2) is 53.4 Å². The van der Waals surface area contributed by atoms with Crippen LogP contribution in [-0.4, -0.2) is 44.5 Å². The first kappa shape index (κ1) is 20.6. The highest BCUT2D eigenvalue weighted by Gasteiger charge is 2.19. The van der Waals surface area contributed by atoms with Crippen LogP contribution >= 0.6 is 0 Å². The maximum Gasteiger partial charge on any atom is 0.243 e. The number of nitrogens with zero attached hydrogens (tertiary/aromatic N) is 1. The lowest BCUT2D eigenvalue weighted by Crippen LogP contribution is -2.35. The zero-order chi connectivity index (χ0) is 20.0. The van der Waals surface area contributed by atoms with Crippen molar-refractivity contribution in [2.45, 2.75) is 18.2 Å². The van der Waals surface area contributed by atoms with E-state index in [-0.39, 0.29) is 23.8 Å². The van der Waals surface area contributed by atoms with Gasteiger partial charge in [0.25, 0.3) is 0 Å². The van der Waals surface area contributed by atoms with Crippen molar-refractivity contribution in [2.75, 3.05) is 24.7 Å². The smallest absolute Gasteiger partial charge is 0.243 e. The van der Waals surface area contributed by atoms with Gasteiger partial charge in [0, 0.05) is 19.2 Å². The second kappa shape index (κ2) is 8.77. The Bertz CT molecular complexity index is 910. The number of carbonyl (C=O) groups is 2. The number of carbonyl (C=O) groups excluding carboxylic acids is 2. The van der Waals surface area contributed by atoms with Crippen molar-refractivity contribution >= 4 is 27.3 Å². The Hall–Kier alpha value is -2.74. The van der Waals surface area contributed by atoms with Crippen molar-refractivity contribution < 1.29 is 22.4 Å². The van der Waals surface area contributed by atoms with E-state index >= 15 is 0 Å². The van der Waals surface area contributed by atoms with E-state index in [2.05, 4.69) is 5.32 Å². The Morgan fingerprint density at radius 2 is 1.63 bits per heavy atom. The number of anilines is 1. The van der Waals surface area contributed by atoms with Gasteiger partial charge in [0.05, 0.1) is 17.2 Å². The van der Waals surface area contributed by atoms with Gasteiger partial charge in [-0.25, -0.2) is 12.8 Å². The van der Waals surface area contributed by atoms with E-state index in [0.717, 1.165) is 29.8 Å². The van der Waals surface area contributed by atoms with Crippen molar-refractivity contribution in [1.29, 1.82) is 0 Å². The van der Waals surface area contributed by atoms with Gasteiger partial charge in [0.2, 0.25) is 11.8 Å². The summed E-state index contributed by atoms with van der Waals surface area (Å²) in [6.07, 6.45) is -0.270. The van der Waals surface area contributed by atoms with Gasteiger partial charge in [-0.3, -0.25) is 9.59 Å². The molecule has 2 aromatic carbocycles. The Morgan fingerprint density at radius 3 is 2.22 bits per heavy atom. The number of likely N-dealkylation sites (N-methyl/N-ethyl adjacent to an activating group) is 1. The maximum atomic E-state index is 12.9. The number of hydrogen-bond donors (Lipinski definition) is 1. The zero-order valence-corrected chi connectivity index (χ0v) is 15.9. The molecule has 0 saturated heterocycles. The minimum atomic E-state index is -3.70. The van der Waals surface area contributed by atoms with Crippen LogP contribution in [-0.2, 0) is 19.4 Å². The molecule has 2 aromatic rings. The fourth-order valence-electron chi connectivity index (χ4n) is 2.31. The first-order valence-corrected chi connectivity index (χ1v) is 9.91. The molecule has 2 rings (SSSR count). The lowest BCUT2D eigenvalue weighted by Gasteiger charge is -2.17. The summed E-state index contributed by atoms with van der Waals surface area (Å²) in [5.41, 5.74) is 1.67. The van der Waals surface area contributed by atoms with E-state index in [4.69, 9.17) is 0 Å². The van der Waals surface area contributed by atoms with Gasteiger partial charge in [-0.15, -0.1) is 0 Å². The van der Waals surface area contributed by atoms with Crippen molar-refractivity contribution in [3.05, 3.63) is 59.9 Å². The Morgan fingerprint density at radius 1 is 1.04 bits per heavy atom. The van der Waals surface area contributed by atoms with Crippen LogP contribution in [0.4, 0.5) is 10.1 Å². The number of amides is 2. The SMILES string of the molecule is Cc1ccc(NC(=O)CN(C)C(=O)CCS(=O)(=O)c2ccc(F)cc2)cc1. The average Bonchev–Trinajstić information content (AvgIpc) is 2.62. The largest absolute Gasteiger partial charge is 0.336 e. The fraction of sp³-hybridized carbons (Fsp3) is 0.263. The molecule has 27 heavy (non-hydrogen) atoms. The van der Waals surface area contributed by atoms with Crippen LogP contribution in [0.3, 0.4) is 0 Å². The lowest BCUT2D eigenvalue weighted by molar-refractivity contribution is -0.132. The van der Waals surface area contributed by atoms with Crippen molar-refractivity contribution in [2.24, 2.45) is 0 Å². The van der Waals surface area contributed by atoms with E-state index in [1.54, 1.807) is 12.1 Å². The van der Waals surface area contributed by atoms with Crippen molar-refractivity contribution in [3.63, 3.8) is 0 Å². The molecular formula is C19H21FN2O4S. The molecule has 8 heteroatoms. The summed E-state index contributed by atoms with van der Waals surface area (Å²) >= 11 is 0. The van der Waals surface area contributed by atoms with Crippen LogP contribution in [0.1, 0.15) is 12.0 Å². The Labute approximate surface area is 157 Å². The third-order valence-electron chi connectivity index (χ3n) is 3.90. The number of rotatable bonds is 7. The predicted octanol–water partition coefficient (Wildman–Crippen LogP) is 2.40. The van der Waals surface area contributed by atoms with Gasteiger partial charge in [0.15, 0.2) is 9.84 Å². The number of nitrogens with one attached hydrogen (secondary N) is 1. The quantitative estimate of drug-likeness (QED) is 0.734. The third-order valence-corrected chi connectivity index (χ3v) is 5.63. The van der Waals surface area contributed by atoms with Crippen LogP contribution in [0.25, 0.3) is 0 Å². The highest BCUT2D eigenvalue weighted by Crippen LogP contribution is 2.13. The summed E-state index contributed by atoms with van der Waals surface area (Å²) in [7, 11) is -2.27. The Kier molecular flexibility index (Phi) is 6.68. The number of aryl methyl sites for hydroxylation is 1. The molecule has 0 fully saturated rings. The van der Waals surface area contributed by atoms with Crippen molar-refractivity contribution in [3.8, 4) is 0 Å². The molecule has 0 atom stereocenters. The summed E-state index contributed by atoms with van der Waals surface area (Å²) in [6, 6.07) is 11.6. The normalized spacial score (nSPS) is 11.1. The summed E-state index contributed by atoms with van der Waals surface area (Å²) in [5, 5.41) is 2.67. The van der Waals surface area contributed by atoms with Crippen LogP contribution in [0.2, 0.25) is 0 Å². The van der Waals surface area contributed by atoms with E-state index < -0.39 is 27.3 Å². The molecule has 0 bridgehead atoms. The van der Waals surface area contributed by atoms with E-state index in [1.807, 2.05) is 19.1 Å². The standard InChI is InChI=1S/C19H21FN2O4S/c1-14-3-7-16(8-4-14)21-18(23)13-22(2)19(24)11-12-27(25,26)17-9-5-15(20)6-10-17/h3-10H,11-13H2,1-2H3,(H,21,23). The third kappa shape index (κ3) is 6.18. The molecular weight excluding hydrogens is 371 g/mol. The molecule has 1 N–H and O–H groups in total. The molecule has 0 spiro atoms. The molecule has 6 nitrogen and oxygen atoms in total. The van der Waals surface area contributed by atoms with Crippen molar-refractivity contribution in [1.82, 2.24) is 4.90 Å². The summed E-state index contributed by atoms with van der Waals surface area (Å²) in [5.74, 6) is -1.80. The van der Waals surface area contributed by atoms with E-state index in [0.29, 0.717) is 5.69 Å². The van der Waals surface area contributed by atoms with E-state index in [9.17, 15) is 22.4 Å². The second-order valence-electron chi connectivity index (χ2n) is 6.19. The van der Waals surface area contributed by atoms with E-state index in [1.165, 1.54) is 11.9 Å². The van der Waals surface area contributed by atoms with Gasteiger partial charge >= 0.3 is 0 Å².